The van der Waals surface area contributed by atoms with Gasteiger partial charge in [-0.25, -0.2) is 0 Å². The Hall–Kier alpha value is -1.52. The number of fused-ring (bicyclic) bond motifs is 1. The predicted octanol–water partition coefficient (Wildman–Crippen LogP) is 6.03. The van der Waals surface area contributed by atoms with E-state index in [1.54, 1.807) is 11.8 Å². The molecule has 4 heteroatoms. The van der Waals surface area contributed by atoms with E-state index in [2.05, 4.69) is 80.8 Å². The Labute approximate surface area is 159 Å². The van der Waals surface area contributed by atoms with E-state index >= 15 is 0 Å². The lowest BCUT2D eigenvalue weighted by atomic mass is 10.2. The molecule has 0 aromatic heterocycles. The van der Waals surface area contributed by atoms with Crippen molar-refractivity contribution in [3.8, 4) is 0 Å². The van der Waals surface area contributed by atoms with E-state index in [9.17, 15) is 0 Å². The molecule has 0 unspecified atom stereocenters. The first-order valence-electron chi connectivity index (χ1n) is 8.52. The van der Waals surface area contributed by atoms with Crippen LogP contribution in [0.3, 0.4) is 0 Å². The topological polar surface area (TPSA) is 12.5 Å². The normalized spacial score (nSPS) is 14.6. The molecule has 0 amide bonds. The lowest BCUT2D eigenvalue weighted by molar-refractivity contribution is 0.00235. The van der Waals surface area contributed by atoms with Gasteiger partial charge in [0, 0.05) is 33.5 Å². The molecule has 1 aliphatic rings. The van der Waals surface area contributed by atoms with Gasteiger partial charge in [-0.05, 0) is 63.2 Å². The van der Waals surface area contributed by atoms with Crippen LogP contribution >= 0.6 is 23.5 Å². The Morgan fingerprint density at radius 3 is 2.60 bits per heavy atom. The molecular formula is C21H25NOS2. The fraction of sp³-hybridized carbons (Fsp3) is 0.333. The standard InChI is InChI=1S/C21H25NOS2/c1-16(23-21(2,3)4)22-12-13-24-20-11-10-19(14-17(20)15-22)25-18-8-6-5-7-9-18/h5-11,14H,1,12-13,15H2,2-4H3. The van der Waals surface area contributed by atoms with Gasteiger partial charge in [-0.15, -0.1) is 11.8 Å². The van der Waals surface area contributed by atoms with Crippen LogP contribution in [-0.4, -0.2) is 22.8 Å². The van der Waals surface area contributed by atoms with Gasteiger partial charge in [0.15, 0.2) is 5.88 Å². The van der Waals surface area contributed by atoms with Crippen molar-refractivity contribution in [2.24, 2.45) is 0 Å². The summed E-state index contributed by atoms with van der Waals surface area (Å²) in [6, 6.07) is 17.3. The van der Waals surface area contributed by atoms with E-state index in [-0.39, 0.29) is 5.60 Å². The zero-order chi connectivity index (χ0) is 17.9. The van der Waals surface area contributed by atoms with Crippen LogP contribution in [0.2, 0.25) is 0 Å². The number of hydrogen-bond acceptors (Lipinski definition) is 4. The molecule has 3 rings (SSSR count). The maximum atomic E-state index is 5.99. The number of ether oxygens (including phenoxy) is 1. The number of hydrogen-bond donors (Lipinski definition) is 0. The van der Waals surface area contributed by atoms with Crippen LogP contribution in [0.25, 0.3) is 0 Å². The first kappa shape index (κ1) is 18.3. The number of nitrogens with zero attached hydrogens (tertiary/aromatic N) is 1. The molecule has 0 saturated carbocycles. The number of benzene rings is 2. The molecule has 2 aromatic rings. The Bertz CT molecular complexity index is 737. The first-order chi connectivity index (χ1) is 11.9. The molecule has 0 N–H and O–H groups in total. The minimum absolute atomic E-state index is 0.218. The summed E-state index contributed by atoms with van der Waals surface area (Å²) in [7, 11) is 0. The third kappa shape index (κ3) is 5.23. The Balaban J connectivity index is 1.77. The molecule has 0 bridgehead atoms. The highest BCUT2D eigenvalue weighted by Crippen LogP contribution is 2.35. The van der Waals surface area contributed by atoms with Crippen LogP contribution in [0.15, 0.2) is 75.7 Å². The van der Waals surface area contributed by atoms with Gasteiger partial charge in [0.25, 0.3) is 0 Å². The van der Waals surface area contributed by atoms with Crippen molar-refractivity contribution >= 4 is 23.5 Å². The lowest BCUT2D eigenvalue weighted by Crippen LogP contribution is -2.30. The SMILES string of the molecule is C=C(OC(C)(C)C)N1CCSc2ccc(Sc3ccccc3)cc2C1. The average molecular weight is 372 g/mol. The summed E-state index contributed by atoms with van der Waals surface area (Å²) < 4.78 is 5.99. The van der Waals surface area contributed by atoms with Crippen LogP contribution in [0.5, 0.6) is 0 Å². The second kappa shape index (κ2) is 7.79. The maximum absolute atomic E-state index is 5.99. The first-order valence-corrected chi connectivity index (χ1v) is 10.3. The molecule has 0 saturated heterocycles. The van der Waals surface area contributed by atoms with Gasteiger partial charge < -0.3 is 9.64 Å². The van der Waals surface area contributed by atoms with E-state index in [0.717, 1.165) is 24.7 Å². The summed E-state index contributed by atoms with van der Waals surface area (Å²) >= 11 is 3.72. The van der Waals surface area contributed by atoms with Crippen LogP contribution in [-0.2, 0) is 11.3 Å². The van der Waals surface area contributed by atoms with Crippen LogP contribution in [0, 0.1) is 0 Å². The molecule has 0 atom stereocenters. The summed E-state index contributed by atoms with van der Waals surface area (Å²) in [5.74, 6) is 1.81. The van der Waals surface area contributed by atoms with E-state index < -0.39 is 0 Å². The second-order valence-corrected chi connectivity index (χ2v) is 9.35. The van der Waals surface area contributed by atoms with Crippen molar-refractivity contribution in [2.75, 3.05) is 12.3 Å². The van der Waals surface area contributed by atoms with Gasteiger partial charge in [0.1, 0.15) is 5.60 Å². The molecule has 2 aromatic carbocycles. The van der Waals surface area contributed by atoms with E-state index in [1.165, 1.54) is 20.2 Å². The van der Waals surface area contributed by atoms with E-state index in [1.807, 2.05) is 11.8 Å². The fourth-order valence-corrected chi connectivity index (χ4v) is 4.60. The quantitative estimate of drug-likeness (QED) is 0.608. The molecule has 0 spiro atoms. The van der Waals surface area contributed by atoms with Gasteiger partial charge in [0.2, 0.25) is 0 Å². The van der Waals surface area contributed by atoms with E-state index in [4.69, 9.17) is 4.74 Å². The lowest BCUT2D eigenvalue weighted by Gasteiger charge is -2.30. The maximum Gasteiger partial charge on any atom is 0.182 e. The molecule has 132 valence electrons. The third-order valence-corrected chi connectivity index (χ3v) is 5.86. The van der Waals surface area contributed by atoms with Crippen molar-refractivity contribution in [3.05, 3.63) is 66.6 Å². The van der Waals surface area contributed by atoms with Gasteiger partial charge in [-0.1, -0.05) is 30.0 Å². The van der Waals surface area contributed by atoms with Crippen LogP contribution in [0.1, 0.15) is 26.3 Å². The highest BCUT2D eigenvalue weighted by molar-refractivity contribution is 7.99. The van der Waals surface area contributed by atoms with Gasteiger partial charge in [0.05, 0.1) is 0 Å². The van der Waals surface area contributed by atoms with Crippen molar-refractivity contribution in [3.63, 3.8) is 0 Å². The number of thioether (sulfide) groups is 1. The summed E-state index contributed by atoms with van der Waals surface area (Å²) in [4.78, 5) is 6.15. The van der Waals surface area contributed by atoms with Gasteiger partial charge >= 0.3 is 0 Å². The zero-order valence-corrected chi connectivity index (χ0v) is 16.8. The average Bonchev–Trinajstić information content (AvgIpc) is 2.76. The van der Waals surface area contributed by atoms with Gasteiger partial charge in [-0.2, -0.15) is 0 Å². The highest BCUT2D eigenvalue weighted by Gasteiger charge is 2.21. The van der Waals surface area contributed by atoms with E-state index in [0.29, 0.717) is 0 Å². The van der Waals surface area contributed by atoms with Crippen molar-refractivity contribution in [1.82, 2.24) is 4.90 Å². The summed E-state index contributed by atoms with van der Waals surface area (Å²) in [6.45, 7) is 12.1. The summed E-state index contributed by atoms with van der Waals surface area (Å²) in [6.07, 6.45) is 0. The van der Waals surface area contributed by atoms with Crippen LogP contribution in [0.4, 0.5) is 0 Å². The Kier molecular flexibility index (Phi) is 5.70. The third-order valence-electron chi connectivity index (χ3n) is 3.77. The fourth-order valence-electron chi connectivity index (χ4n) is 2.69. The van der Waals surface area contributed by atoms with Crippen molar-refractivity contribution in [1.29, 1.82) is 0 Å². The van der Waals surface area contributed by atoms with Crippen molar-refractivity contribution in [2.45, 2.75) is 47.6 Å². The molecule has 0 radical (unpaired) electrons. The molecule has 1 heterocycles. The second-order valence-electron chi connectivity index (χ2n) is 7.06. The Morgan fingerprint density at radius 1 is 1.12 bits per heavy atom. The monoisotopic (exact) mass is 371 g/mol. The Morgan fingerprint density at radius 2 is 1.88 bits per heavy atom. The van der Waals surface area contributed by atoms with Crippen molar-refractivity contribution < 1.29 is 4.74 Å². The molecular weight excluding hydrogens is 346 g/mol. The predicted molar refractivity (Wildman–Crippen MR) is 108 cm³/mol. The molecule has 2 nitrogen and oxygen atoms in total. The van der Waals surface area contributed by atoms with Crippen LogP contribution < -0.4 is 0 Å². The molecule has 1 aliphatic heterocycles. The van der Waals surface area contributed by atoms with Gasteiger partial charge in [-0.3, -0.25) is 0 Å². The largest absolute Gasteiger partial charge is 0.474 e. The molecule has 25 heavy (non-hydrogen) atoms. The molecule has 0 fully saturated rings. The minimum atomic E-state index is -0.218. The highest BCUT2D eigenvalue weighted by atomic mass is 32.2. The minimum Gasteiger partial charge on any atom is -0.474 e. The smallest absolute Gasteiger partial charge is 0.182 e. The summed E-state index contributed by atoms with van der Waals surface area (Å²) in [5.41, 5.74) is 1.13. The summed E-state index contributed by atoms with van der Waals surface area (Å²) in [5, 5.41) is 0. The molecule has 0 aliphatic carbocycles. The zero-order valence-electron chi connectivity index (χ0n) is 15.1. The number of rotatable bonds is 4.